The van der Waals surface area contributed by atoms with Gasteiger partial charge < -0.3 is 14.6 Å². The fourth-order valence-corrected chi connectivity index (χ4v) is 5.77. The highest BCUT2D eigenvalue weighted by Crippen LogP contribution is 2.54. The molecule has 4 aliphatic rings. The van der Waals surface area contributed by atoms with Crippen molar-refractivity contribution in [1.82, 2.24) is 15.4 Å². The number of carbonyl (C=O) groups excluding carboxylic acids is 1. The van der Waals surface area contributed by atoms with Crippen molar-refractivity contribution in [1.29, 1.82) is 0 Å². The van der Waals surface area contributed by atoms with Crippen LogP contribution in [-0.2, 0) is 16.1 Å². The number of nitrogens with zero attached hydrogens (tertiary/aromatic N) is 2. The number of hydrogen-bond acceptors (Lipinski definition) is 5. The fourth-order valence-electron chi connectivity index (χ4n) is 5.77. The molecule has 1 amide bonds. The molecule has 5 rings (SSSR count). The molecule has 1 spiro atoms. The maximum Gasteiger partial charge on any atom is 0.223 e. The lowest BCUT2D eigenvalue weighted by Gasteiger charge is -2.29. The lowest BCUT2D eigenvalue weighted by atomic mass is 9.73. The average Bonchev–Trinajstić information content (AvgIpc) is 3.44. The van der Waals surface area contributed by atoms with Crippen molar-refractivity contribution in [3.8, 4) is 0 Å². The summed E-state index contributed by atoms with van der Waals surface area (Å²) in [5.74, 6) is 2.60. The van der Waals surface area contributed by atoms with E-state index < -0.39 is 0 Å². The fraction of sp³-hybridized carbons (Fsp3) is 0.727. The van der Waals surface area contributed by atoms with E-state index in [1.807, 2.05) is 0 Å². The smallest absolute Gasteiger partial charge is 0.223 e. The van der Waals surface area contributed by atoms with Gasteiger partial charge in [-0.05, 0) is 31.6 Å². The topological polar surface area (TPSA) is 67.6 Å². The van der Waals surface area contributed by atoms with Crippen LogP contribution in [0.15, 0.2) is 22.7 Å². The van der Waals surface area contributed by atoms with Crippen molar-refractivity contribution >= 4 is 5.91 Å². The van der Waals surface area contributed by atoms with E-state index >= 15 is 0 Å². The number of rotatable bonds is 6. The number of aromatic nitrogens is 1. The van der Waals surface area contributed by atoms with Crippen LogP contribution in [0.2, 0.25) is 0 Å². The summed E-state index contributed by atoms with van der Waals surface area (Å²) in [5.41, 5.74) is 1.00. The Morgan fingerprint density at radius 1 is 1.39 bits per heavy atom. The zero-order valence-corrected chi connectivity index (χ0v) is 16.9. The molecule has 28 heavy (non-hydrogen) atoms. The van der Waals surface area contributed by atoms with Gasteiger partial charge in [0, 0.05) is 43.5 Å². The molecule has 152 valence electrons. The molecule has 0 unspecified atom stereocenters. The highest BCUT2D eigenvalue weighted by Gasteiger charge is 2.62. The van der Waals surface area contributed by atoms with Gasteiger partial charge in [-0.3, -0.25) is 9.69 Å². The van der Waals surface area contributed by atoms with Crippen molar-refractivity contribution < 1.29 is 14.1 Å². The first kappa shape index (κ1) is 18.4. The average molecular weight is 386 g/mol. The molecule has 3 fully saturated rings. The van der Waals surface area contributed by atoms with E-state index in [4.69, 9.17) is 9.26 Å². The van der Waals surface area contributed by atoms with Crippen LogP contribution in [-0.4, -0.2) is 47.3 Å². The zero-order valence-electron chi connectivity index (χ0n) is 16.9. The molecule has 0 radical (unpaired) electrons. The van der Waals surface area contributed by atoms with Crippen molar-refractivity contribution in [2.24, 2.45) is 17.8 Å². The van der Waals surface area contributed by atoms with Crippen molar-refractivity contribution in [3.05, 3.63) is 29.7 Å². The third kappa shape index (κ3) is 3.11. The van der Waals surface area contributed by atoms with Gasteiger partial charge in [0.2, 0.25) is 5.91 Å². The summed E-state index contributed by atoms with van der Waals surface area (Å²) in [6, 6.07) is 2.09. The van der Waals surface area contributed by atoms with Crippen LogP contribution in [0.25, 0.3) is 0 Å². The number of hydrogen-bond donors (Lipinski definition) is 1. The van der Waals surface area contributed by atoms with Crippen LogP contribution in [0, 0.1) is 17.8 Å². The summed E-state index contributed by atoms with van der Waals surface area (Å²) in [7, 11) is 0. The Bertz CT molecular complexity index is 765. The van der Waals surface area contributed by atoms with Gasteiger partial charge in [0.15, 0.2) is 5.76 Å². The highest BCUT2D eigenvalue weighted by atomic mass is 16.5. The number of nitrogens with one attached hydrogen (secondary N) is 1. The summed E-state index contributed by atoms with van der Waals surface area (Å²) >= 11 is 0. The minimum Gasteiger partial charge on any atom is -0.370 e. The highest BCUT2D eigenvalue weighted by molar-refractivity contribution is 5.79. The third-order valence-electron chi connectivity index (χ3n) is 7.29. The van der Waals surface area contributed by atoms with E-state index in [1.165, 1.54) is 0 Å². The maximum absolute atomic E-state index is 12.4. The lowest BCUT2D eigenvalue weighted by molar-refractivity contribution is -0.124. The number of ether oxygens (including phenoxy) is 1. The van der Waals surface area contributed by atoms with Gasteiger partial charge in [-0.2, -0.15) is 0 Å². The lowest BCUT2D eigenvalue weighted by Crippen LogP contribution is -2.43. The molecule has 1 N–H and O–H groups in total. The number of allylic oxidation sites excluding steroid dienone is 2. The molecule has 4 atom stereocenters. The van der Waals surface area contributed by atoms with Crippen molar-refractivity contribution in [3.63, 3.8) is 0 Å². The molecule has 0 saturated carbocycles. The summed E-state index contributed by atoms with van der Waals surface area (Å²) in [4.78, 5) is 14.9. The molecule has 1 aromatic heterocycles. The minimum absolute atomic E-state index is 0.0180. The van der Waals surface area contributed by atoms with Crippen LogP contribution in [0.3, 0.4) is 0 Å². The summed E-state index contributed by atoms with van der Waals surface area (Å²) in [5, 5.41) is 7.43. The van der Waals surface area contributed by atoms with E-state index in [0.717, 1.165) is 63.3 Å². The monoisotopic (exact) mass is 385 g/mol. The maximum atomic E-state index is 12.4. The van der Waals surface area contributed by atoms with E-state index in [0.29, 0.717) is 23.9 Å². The Kier molecular flexibility index (Phi) is 4.59. The summed E-state index contributed by atoms with van der Waals surface area (Å²) in [6.07, 6.45) is 8.57. The number of fused-ring (bicyclic) bond motifs is 1. The minimum atomic E-state index is -0.0180. The van der Waals surface area contributed by atoms with Crippen LogP contribution in [0.5, 0.6) is 0 Å². The molecule has 0 aromatic carbocycles. The van der Waals surface area contributed by atoms with E-state index in [9.17, 15) is 4.79 Å². The Hall–Kier alpha value is -1.66. The zero-order chi connectivity index (χ0) is 19.3. The summed E-state index contributed by atoms with van der Waals surface area (Å²) in [6.45, 7) is 7.78. The van der Waals surface area contributed by atoms with Gasteiger partial charge in [0.05, 0.1) is 23.9 Å². The Morgan fingerprint density at radius 3 is 2.96 bits per heavy atom. The molecule has 3 saturated heterocycles. The van der Waals surface area contributed by atoms with E-state index in [2.05, 4.69) is 47.4 Å². The first-order chi connectivity index (χ1) is 13.5. The molecule has 4 heterocycles. The van der Waals surface area contributed by atoms with Crippen LogP contribution >= 0.6 is 0 Å². The standard InChI is InChI=1S/C22H31N3O3/c1-14(2)19-9-16(28-24-19)11-25-12-18-17(20-7-8-22(18,13-25)27-20)10-23-21(26)15-5-3-4-6-15/h3-4,9,14-15,17-18,20H,5-8,10-13H2,1-2H3,(H,23,26)/t17-,18+,20+,22+/m0/s1. The predicted molar refractivity (Wildman–Crippen MR) is 105 cm³/mol. The summed E-state index contributed by atoms with van der Waals surface area (Å²) < 4.78 is 12.1. The number of amides is 1. The van der Waals surface area contributed by atoms with Crippen LogP contribution < -0.4 is 5.32 Å². The largest absolute Gasteiger partial charge is 0.370 e. The Balaban J connectivity index is 1.21. The molecule has 2 bridgehead atoms. The second-order valence-corrected chi connectivity index (χ2v) is 9.46. The quantitative estimate of drug-likeness (QED) is 0.763. The predicted octanol–water partition coefficient (Wildman–Crippen LogP) is 2.86. The Labute approximate surface area is 166 Å². The normalized spacial score (nSPS) is 34.6. The SMILES string of the molecule is CC(C)c1cc(CN2C[C@@H]3[C@H](CNC(=O)C4CC=CC4)[C@H]4CC[C@]3(C2)O4)on1. The van der Waals surface area contributed by atoms with E-state index in [1.54, 1.807) is 0 Å². The van der Waals surface area contributed by atoms with Crippen LogP contribution in [0.1, 0.15) is 56.9 Å². The van der Waals surface area contributed by atoms with Gasteiger partial charge in [-0.1, -0.05) is 31.2 Å². The van der Waals surface area contributed by atoms with Crippen LogP contribution in [0.4, 0.5) is 0 Å². The van der Waals surface area contributed by atoms with Crippen molar-refractivity contribution in [2.75, 3.05) is 19.6 Å². The van der Waals surface area contributed by atoms with Gasteiger partial charge in [-0.25, -0.2) is 0 Å². The van der Waals surface area contributed by atoms with Crippen molar-refractivity contribution in [2.45, 2.75) is 63.7 Å². The number of carbonyl (C=O) groups is 1. The first-order valence-electron chi connectivity index (χ1n) is 10.8. The molecule has 6 nitrogen and oxygen atoms in total. The molecule has 6 heteroatoms. The Morgan fingerprint density at radius 2 is 2.21 bits per heavy atom. The molecular weight excluding hydrogens is 354 g/mol. The van der Waals surface area contributed by atoms with Gasteiger partial charge >= 0.3 is 0 Å². The molecule has 1 aliphatic carbocycles. The first-order valence-corrected chi connectivity index (χ1v) is 10.8. The molecular formula is C22H31N3O3. The van der Waals surface area contributed by atoms with Gasteiger partial charge in [-0.15, -0.1) is 0 Å². The third-order valence-corrected chi connectivity index (χ3v) is 7.29. The molecule has 1 aromatic rings. The second-order valence-electron chi connectivity index (χ2n) is 9.46. The molecule has 3 aliphatic heterocycles. The van der Waals surface area contributed by atoms with E-state index in [-0.39, 0.29) is 17.4 Å². The van der Waals surface area contributed by atoms with Gasteiger partial charge in [0.25, 0.3) is 0 Å². The second kappa shape index (κ2) is 6.99. The van der Waals surface area contributed by atoms with Gasteiger partial charge in [0.1, 0.15) is 0 Å². The number of likely N-dealkylation sites (tertiary alicyclic amines) is 1.